The monoisotopic (exact) mass is 358 g/mol. The van der Waals surface area contributed by atoms with E-state index in [4.69, 9.17) is 18.9 Å². The second-order valence-corrected chi connectivity index (χ2v) is 6.75. The van der Waals surface area contributed by atoms with Crippen molar-refractivity contribution in [3.8, 4) is 0 Å². The second kappa shape index (κ2) is 11.7. The van der Waals surface area contributed by atoms with Crippen LogP contribution in [0.2, 0.25) is 0 Å². The first-order valence-electron chi connectivity index (χ1n) is 9.46. The summed E-state index contributed by atoms with van der Waals surface area (Å²) >= 11 is 0. The molecule has 0 amide bonds. The summed E-state index contributed by atoms with van der Waals surface area (Å²) < 4.78 is 22.1. The van der Waals surface area contributed by atoms with Crippen LogP contribution in [0.15, 0.2) is 0 Å². The minimum Gasteiger partial charge on any atom is -0.355 e. The third-order valence-electron chi connectivity index (χ3n) is 4.70. The fourth-order valence-electron chi connectivity index (χ4n) is 2.90. The van der Waals surface area contributed by atoms with E-state index in [-0.39, 0.29) is 31.1 Å². The fourth-order valence-corrected chi connectivity index (χ4v) is 2.90. The Morgan fingerprint density at radius 3 is 2.28 bits per heavy atom. The van der Waals surface area contributed by atoms with Crippen molar-refractivity contribution < 1.29 is 28.5 Å². The minimum absolute atomic E-state index is 0.0272. The number of hydrogen-bond acceptors (Lipinski definition) is 6. The van der Waals surface area contributed by atoms with Crippen molar-refractivity contribution >= 4 is 11.6 Å². The number of ether oxygens (including phenoxy) is 4. The summed E-state index contributed by atoms with van der Waals surface area (Å²) in [4.78, 5) is 25.2. The Balaban J connectivity index is 2.64. The predicted molar refractivity (Wildman–Crippen MR) is 94.2 cm³/mol. The summed E-state index contributed by atoms with van der Waals surface area (Å²) in [5.41, 5.74) is -1.45. The van der Waals surface area contributed by atoms with Crippen LogP contribution in [0.5, 0.6) is 0 Å². The van der Waals surface area contributed by atoms with Crippen LogP contribution in [0.1, 0.15) is 66.2 Å². The molecule has 25 heavy (non-hydrogen) atoms. The van der Waals surface area contributed by atoms with E-state index < -0.39 is 11.7 Å². The van der Waals surface area contributed by atoms with Gasteiger partial charge >= 0.3 is 0 Å². The Morgan fingerprint density at radius 1 is 1.12 bits per heavy atom. The Hall–Kier alpha value is -0.820. The predicted octanol–water partition coefficient (Wildman–Crippen LogP) is 3.26. The van der Waals surface area contributed by atoms with Crippen LogP contribution in [0.25, 0.3) is 0 Å². The van der Waals surface area contributed by atoms with Crippen LogP contribution in [-0.4, -0.2) is 50.1 Å². The molecule has 6 heteroatoms. The van der Waals surface area contributed by atoms with E-state index in [9.17, 15) is 9.59 Å². The maximum absolute atomic E-state index is 13.0. The van der Waals surface area contributed by atoms with E-state index in [0.717, 1.165) is 25.7 Å². The van der Waals surface area contributed by atoms with Gasteiger partial charge in [0.2, 0.25) is 5.78 Å². The molecule has 1 aliphatic carbocycles. The van der Waals surface area contributed by atoms with Crippen LogP contribution >= 0.6 is 0 Å². The molecule has 0 aromatic rings. The van der Waals surface area contributed by atoms with Crippen molar-refractivity contribution in [1.82, 2.24) is 0 Å². The third-order valence-corrected chi connectivity index (χ3v) is 4.70. The molecule has 1 saturated carbocycles. The molecule has 0 radical (unpaired) electrons. The lowest BCUT2D eigenvalue weighted by Gasteiger charge is -2.39. The zero-order chi connectivity index (χ0) is 18.7. The molecule has 1 fully saturated rings. The highest BCUT2D eigenvalue weighted by molar-refractivity contribution is 6.11. The Labute approximate surface area is 151 Å². The molecule has 1 rings (SSSR count). The molecule has 146 valence electrons. The number of hydrogen-bond donors (Lipinski definition) is 0. The molecule has 0 heterocycles. The first-order chi connectivity index (χ1) is 12.0. The molecule has 0 bridgehead atoms. The average Bonchev–Trinajstić information content (AvgIpc) is 2.58. The molecule has 0 aromatic carbocycles. The zero-order valence-electron chi connectivity index (χ0n) is 16.2. The van der Waals surface area contributed by atoms with Gasteiger partial charge in [-0.15, -0.1) is 0 Å². The summed E-state index contributed by atoms with van der Waals surface area (Å²) in [5, 5.41) is 0. The summed E-state index contributed by atoms with van der Waals surface area (Å²) in [6.07, 6.45) is 4.29. The highest BCUT2D eigenvalue weighted by Gasteiger charge is 2.52. The van der Waals surface area contributed by atoms with Gasteiger partial charge in [-0.3, -0.25) is 9.59 Å². The molecule has 3 atom stereocenters. The fraction of sp³-hybridized carbons (Fsp3) is 0.895. The quantitative estimate of drug-likeness (QED) is 0.286. The molecule has 0 saturated heterocycles. The first kappa shape index (κ1) is 22.2. The van der Waals surface area contributed by atoms with Crippen molar-refractivity contribution in [1.29, 1.82) is 0 Å². The second-order valence-electron chi connectivity index (χ2n) is 6.75. The Morgan fingerprint density at radius 2 is 1.72 bits per heavy atom. The maximum Gasteiger partial charge on any atom is 0.201 e. The molecule has 6 nitrogen and oxygen atoms in total. The molecule has 0 aromatic heterocycles. The summed E-state index contributed by atoms with van der Waals surface area (Å²) in [7, 11) is 0. The molecule has 0 N–H and O–H groups in total. The highest BCUT2D eigenvalue weighted by atomic mass is 16.7. The van der Waals surface area contributed by atoms with Crippen molar-refractivity contribution in [2.45, 2.75) is 77.9 Å². The van der Waals surface area contributed by atoms with Gasteiger partial charge in [-0.25, -0.2) is 0 Å². The normalized spacial score (nSPS) is 26.8. The van der Waals surface area contributed by atoms with Gasteiger partial charge < -0.3 is 18.9 Å². The van der Waals surface area contributed by atoms with Gasteiger partial charge in [0.05, 0.1) is 0 Å². The van der Waals surface area contributed by atoms with Gasteiger partial charge in [-0.2, -0.15) is 0 Å². The van der Waals surface area contributed by atoms with Crippen LogP contribution < -0.4 is 0 Å². The summed E-state index contributed by atoms with van der Waals surface area (Å²) in [6.45, 7) is 8.66. The van der Waals surface area contributed by atoms with Gasteiger partial charge in [-0.05, 0) is 38.5 Å². The Bertz CT molecular complexity index is 411. The van der Waals surface area contributed by atoms with Crippen molar-refractivity contribution in [3.05, 3.63) is 0 Å². The van der Waals surface area contributed by atoms with E-state index in [1.807, 2.05) is 6.92 Å². The SMILES string of the molecule is CCCCOCOC1C(=O)[C@@](OCOCCCC)(C(C)=O)CCC1C. The van der Waals surface area contributed by atoms with Crippen molar-refractivity contribution in [3.63, 3.8) is 0 Å². The lowest BCUT2D eigenvalue weighted by molar-refractivity contribution is -0.198. The molecule has 1 aliphatic rings. The zero-order valence-corrected chi connectivity index (χ0v) is 16.2. The van der Waals surface area contributed by atoms with Gasteiger partial charge in [0.1, 0.15) is 19.7 Å². The topological polar surface area (TPSA) is 71.1 Å². The van der Waals surface area contributed by atoms with Crippen LogP contribution in [0.3, 0.4) is 0 Å². The number of unbranched alkanes of at least 4 members (excludes halogenated alkanes) is 2. The summed E-state index contributed by atoms with van der Waals surface area (Å²) in [5.74, 6) is -0.569. The molecule has 2 unspecified atom stereocenters. The number of carbonyl (C=O) groups is 2. The van der Waals surface area contributed by atoms with Gasteiger partial charge in [-0.1, -0.05) is 33.6 Å². The van der Waals surface area contributed by atoms with Crippen LogP contribution in [-0.2, 0) is 28.5 Å². The van der Waals surface area contributed by atoms with E-state index in [1.165, 1.54) is 6.92 Å². The molecule has 0 aliphatic heterocycles. The highest BCUT2D eigenvalue weighted by Crippen LogP contribution is 2.34. The van der Waals surface area contributed by atoms with E-state index in [0.29, 0.717) is 26.1 Å². The van der Waals surface area contributed by atoms with Gasteiger partial charge in [0.15, 0.2) is 11.4 Å². The lowest BCUT2D eigenvalue weighted by Crippen LogP contribution is -2.58. The van der Waals surface area contributed by atoms with Crippen LogP contribution in [0.4, 0.5) is 0 Å². The average molecular weight is 358 g/mol. The standard InChI is InChI=1S/C19H34O6/c1-5-7-11-22-13-24-17-15(3)9-10-19(16(4)20,18(17)21)25-14-23-12-8-6-2/h15,17H,5-14H2,1-4H3/t15?,17?,19-/m0/s1. The van der Waals surface area contributed by atoms with Crippen molar-refractivity contribution in [2.24, 2.45) is 5.92 Å². The number of ketones is 2. The maximum atomic E-state index is 13.0. The molecule has 0 spiro atoms. The number of rotatable bonds is 13. The largest absolute Gasteiger partial charge is 0.355 e. The van der Waals surface area contributed by atoms with E-state index >= 15 is 0 Å². The lowest BCUT2D eigenvalue weighted by atomic mass is 9.74. The van der Waals surface area contributed by atoms with Crippen LogP contribution in [0, 0.1) is 5.92 Å². The van der Waals surface area contributed by atoms with E-state index in [1.54, 1.807) is 0 Å². The third kappa shape index (κ3) is 6.44. The molecular weight excluding hydrogens is 324 g/mol. The summed E-state index contributed by atoms with van der Waals surface area (Å²) in [6, 6.07) is 0. The number of Topliss-reactive ketones (excluding diaryl/α,β-unsaturated/α-hetero) is 2. The smallest absolute Gasteiger partial charge is 0.201 e. The number of carbonyl (C=O) groups excluding carboxylic acids is 2. The van der Waals surface area contributed by atoms with Gasteiger partial charge in [0, 0.05) is 13.2 Å². The first-order valence-corrected chi connectivity index (χ1v) is 9.46. The van der Waals surface area contributed by atoms with E-state index in [2.05, 4.69) is 13.8 Å². The Kier molecular flexibility index (Phi) is 10.4. The van der Waals surface area contributed by atoms with Crippen molar-refractivity contribution in [2.75, 3.05) is 26.8 Å². The van der Waals surface area contributed by atoms with Gasteiger partial charge in [0.25, 0.3) is 0 Å². The minimum atomic E-state index is -1.45. The molecular formula is C19H34O6.